The molecule has 1 aliphatic carbocycles. The molecular weight excluding hydrogens is 232 g/mol. The van der Waals surface area contributed by atoms with E-state index in [-0.39, 0.29) is 0 Å². The van der Waals surface area contributed by atoms with Crippen LogP contribution in [0.5, 0.6) is 0 Å². The van der Waals surface area contributed by atoms with Crippen LogP contribution in [0.2, 0.25) is 0 Å². The highest BCUT2D eigenvalue weighted by molar-refractivity contribution is 4.81. The van der Waals surface area contributed by atoms with Gasteiger partial charge in [-0.3, -0.25) is 0 Å². The molecule has 2 heteroatoms. The van der Waals surface area contributed by atoms with Crippen LogP contribution in [0, 0.1) is 17.3 Å². The highest BCUT2D eigenvalue weighted by atomic mass is 15.1. The number of rotatable bonds is 6. The Morgan fingerprint density at radius 2 is 1.68 bits per heavy atom. The zero-order valence-corrected chi connectivity index (χ0v) is 14.1. The van der Waals surface area contributed by atoms with Gasteiger partial charge in [-0.25, -0.2) is 0 Å². The summed E-state index contributed by atoms with van der Waals surface area (Å²) >= 11 is 0. The third-order valence-electron chi connectivity index (χ3n) is 5.03. The fraction of sp³-hybridized carbons (Fsp3) is 1.00. The first-order valence-corrected chi connectivity index (χ1v) is 8.21. The molecule has 0 amide bonds. The van der Waals surface area contributed by atoms with Crippen molar-refractivity contribution in [2.24, 2.45) is 17.3 Å². The van der Waals surface area contributed by atoms with E-state index >= 15 is 0 Å². The predicted octanol–water partition coefficient (Wildman–Crippen LogP) is 3.77. The lowest BCUT2D eigenvalue weighted by Gasteiger charge is -2.37. The zero-order valence-electron chi connectivity index (χ0n) is 14.1. The van der Waals surface area contributed by atoms with Crippen molar-refractivity contribution in [2.45, 2.75) is 66.3 Å². The molecule has 0 bridgehead atoms. The second kappa shape index (κ2) is 7.64. The molecule has 1 saturated carbocycles. The smallest absolute Gasteiger partial charge is 0.0106 e. The molecule has 1 fully saturated rings. The first-order valence-electron chi connectivity index (χ1n) is 8.21. The van der Waals surface area contributed by atoms with Crippen molar-refractivity contribution in [1.82, 2.24) is 10.2 Å². The Labute approximate surface area is 121 Å². The van der Waals surface area contributed by atoms with Gasteiger partial charge in [0.25, 0.3) is 0 Å². The lowest BCUT2D eigenvalue weighted by Crippen LogP contribution is -2.36. The predicted molar refractivity (Wildman–Crippen MR) is 85.5 cm³/mol. The topological polar surface area (TPSA) is 15.3 Å². The monoisotopic (exact) mass is 268 g/mol. The largest absolute Gasteiger partial charge is 0.315 e. The fourth-order valence-electron chi connectivity index (χ4n) is 3.05. The summed E-state index contributed by atoms with van der Waals surface area (Å²) in [5, 5.41) is 3.65. The van der Waals surface area contributed by atoms with Crippen LogP contribution in [-0.2, 0) is 0 Å². The average molecular weight is 268 g/mol. The Balaban J connectivity index is 2.10. The molecule has 1 rings (SSSR count). The number of nitrogens with one attached hydrogen (secondary N) is 1. The Hall–Kier alpha value is -0.0800. The molecule has 0 spiro atoms. The summed E-state index contributed by atoms with van der Waals surface area (Å²) in [6, 6.07) is 0.657. The van der Waals surface area contributed by atoms with Crippen LogP contribution in [0.15, 0.2) is 0 Å². The van der Waals surface area contributed by atoms with Gasteiger partial charge in [0.05, 0.1) is 0 Å². The number of nitrogens with zero attached hydrogens (tertiary/aromatic N) is 1. The standard InChI is InChI=1S/C17H36N2/c1-14(2)19(6)12-11-18-13-15-7-9-16(10-8-15)17(3,4)5/h14-16,18H,7-13H2,1-6H3. The molecule has 0 aromatic carbocycles. The molecule has 0 aromatic rings. The van der Waals surface area contributed by atoms with Gasteiger partial charge in [0, 0.05) is 19.1 Å². The van der Waals surface area contributed by atoms with Crippen molar-refractivity contribution in [1.29, 1.82) is 0 Å². The Bertz CT molecular complexity index is 234. The Morgan fingerprint density at radius 3 is 2.16 bits per heavy atom. The Kier molecular flexibility index (Phi) is 6.82. The summed E-state index contributed by atoms with van der Waals surface area (Å²) in [5.74, 6) is 1.86. The molecule has 0 aromatic heterocycles. The second-order valence-electron chi connectivity index (χ2n) is 7.86. The minimum atomic E-state index is 0.512. The van der Waals surface area contributed by atoms with E-state index in [1.165, 1.54) is 32.2 Å². The van der Waals surface area contributed by atoms with Crippen molar-refractivity contribution in [3.63, 3.8) is 0 Å². The van der Waals surface area contributed by atoms with E-state index in [1.807, 2.05) is 0 Å². The Morgan fingerprint density at radius 1 is 1.11 bits per heavy atom. The molecule has 0 unspecified atom stereocenters. The van der Waals surface area contributed by atoms with Crippen LogP contribution in [0.3, 0.4) is 0 Å². The maximum atomic E-state index is 3.65. The van der Waals surface area contributed by atoms with Crippen molar-refractivity contribution < 1.29 is 0 Å². The van der Waals surface area contributed by atoms with Crippen molar-refractivity contribution in [3.8, 4) is 0 Å². The summed E-state index contributed by atoms with van der Waals surface area (Å²) in [7, 11) is 2.21. The molecular formula is C17H36N2. The SMILES string of the molecule is CC(C)N(C)CCNCC1CCC(C(C)(C)C)CC1. The van der Waals surface area contributed by atoms with Gasteiger partial charge < -0.3 is 10.2 Å². The van der Waals surface area contributed by atoms with Gasteiger partial charge in [0.15, 0.2) is 0 Å². The van der Waals surface area contributed by atoms with Crippen LogP contribution in [0.4, 0.5) is 0 Å². The van der Waals surface area contributed by atoms with E-state index in [1.54, 1.807) is 0 Å². The van der Waals surface area contributed by atoms with Gasteiger partial charge in [0.1, 0.15) is 0 Å². The van der Waals surface area contributed by atoms with Crippen LogP contribution in [0.25, 0.3) is 0 Å². The van der Waals surface area contributed by atoms with Crippen LogP contribution < -0.4 is 5.32 Å². The summed E-state index contributed by atoms with van der Waals surface area (Å²) < 4.78 is 0. The maximum absolute atomic E-state index is 3.65. The van der Waals surface area contributed by atoms with E-state index in [4.69, 9.17) is 0 Å². The third kappa shape index (κ3) is 6.27. The van der Waals surface area contributed by atoms with Crippen LogP contribution >= 0.6 is 0 Å². The maximum Gasteiger partial charge on any atom is 0.0106 e. The number of hydrogen-bond donors (Lipinski definition) is 1. The molecule has 0 saturated heterocycles. The average Bonchev–Trinajstić information content (AvgIpc) is 2.33. The van der Waals surface area contributed by atoms with E-state index in [0.29, 0.717) is 11.5 Å². The summed E-state index contributed by atoms with van der Waals surface area (Å²) in [5.41, 5.74) is 0.512. The highest BCUT2D eigenvalue weighted by Crippen LogP contribution is 2.39. The van der Waals surface area contributed by atoms with E-state index in [0.717, 1.165) is 24.9 Å². The summed E-state index contributed by atoms with van der Waals surface area (Å²) in [6.45, 7) is 15.2. The van der Waals surface area contributed by atoms with Crippen LogP contribution in [0.1, 0.15) is 60.3 Å². The summed E-state index contributed by atoms with van der Waals surface area (Å²) in [6.07, 6.45) is 5.72. The van der Waals surface area contributed by atoms with Gasteiger partial charge in [-0.05, 0) is 70.4 Å². The second-order valence-corrected chi connectivity index (χ2v) is 7.86. The molecule has 0 radical (unpaired) electrons. The summed E-state index contributed by atoms with van der Waals surface area (Å²) in [4.78, 5) is 2.41. The highest BCUT2D eigenvalue weighted by Gasteiger charge is 2.29. The molecule has 0 heterocycles. The quantitative estimate of drug-likeness (QED) is 0.738. The molecule has 1 aliphatic rings. The molecule has 0 aliphatic heterocycles. The number of likely N-dealkylation sites (N-methyl/N-ethyl adjacent to an activating group) is 1. The van der Waals surface area contributed by atoms with Gasteiger partial charge in [0.2, 0.25) is 0 Å². The van der Waals surface area contributed by atoms with Crippen molar-refractivity contribution in [3.05, 3.63) is 0 Å². The molecule has 19 heavy (non-hydrogen) atoms. The fourth-order valence-corrected chi connectivity index (χ4v) is 3.05. The van der Waals surface area contributed by atoms with Gasteiger partial charge in [-0.1, -0.05) is 20.8 Å². The van der Waals surface area contributed by atoms with Crippen molar-refractivity contribution in [2.75, 3.05) is 26.7 Å². The third-order valence-corrected chi connectivity index (χ3v) is 5.03. The zero-order chi connectivity index (χ0) is 14.5. The molecule has 2 nitrogen and oxygen atoms in total. The molecule has 114 valence electrons. The normalized spacial score (nSPS) is 25.3. The van der Waals surface area contributed by atoms with Gasteiger partial charge in [-0.2, -0.15) is 0 Å². The van der Waals surface area contributed by atoms with Crippen molar-refractivity contribution >= 4 is 0 Å². The van der Waals surface area contributed by atoms with E-state index < -0.39 is 0 Å². The van der Waals surface area contributed by atoms with E-state index in [2.05, 4.69) is 51.9 Å². The first kappa shape index (κ1) is 17.0. The minimum absolute atomic E-state index is 0.512. The van der Waals surface area contributed by atoms with Crippen LogP contribution in [-0.4, -0.2) is 37.6 Å². The molecule has 0 atom stereocenters. The minimum Gasteiger partial charge on any atom is -0.315 e. The van der Waals surface area contributed by atoms with Gasteiger partial charge in [-0.15, -0.1) is 0 Å². The van der Waals surface area contributed by atoms with E-state index in [9.17, 15) is 0 Å². The van der Waals surface area contributed by atoms with Gasteiger partial charge >= 0.3 is 0 Å². The molecule has 1 N–H and O–H groups in total. The lowest BCUT2D eigenvalue weighted by atomic mass is 9.70. The lowest BCUT2D eigenvalue weighted by molar-refractivity contribution is 0.148. The number of hydrogen-bond acceptors (Lipinski definition) is 2. The first-order chi connectivity index (χ1) is 8.80.